The van der Waals surface area contributed by atoms with Gasteiger partial charge in [0.05, 0.1) is 17.6 Å². The predicted molar refractivity (Wildman–Crippen MR) is 88.6 cm³/mol. The van der Waals surface area contributed by atoms with E-state index in [-0.39, 0.29) is 12.1 Å². The standard InChI is InChI=1S/C17H14FNO4S/c1-9-5-10-6-14(24-17(10)19(9)8-15(20)21)16(22)12-4-3-11(23-2)7-13(12)18/h3-7H,8H2,1-2H3,(H,20,21). The Bertz CT molecular complexity index is 957. The number of nitrogens with zero attached hydrogens (tertiary/aromatic N) is 1. The molecule has 0 unspecified atom stereocenters. The number of aliphatic carboxylic acids is 1. The average Bonchev–Trinajstić information content (AvgIpc) is 3.05. The molecule has 0 spiro atoms. The molecule has 7 heteroatoms. The Hall–Kier alpha value is -2.67. The number of halogens is 1. The number of fused-ring (bicyclic) bond motifs is 1. The van der Waals surface area contributed by atoms with Crippen LogP contribution in [0.4, 0.5) is 4.39 Å². The van der Waals surface area contributed by atoms with Crippen molar-refractivity contribution in [2.45, 2.75) is 13.5 Å². The first-order valence-corrected chi connectivity index (χ1v) is 7.92. The van der Waals surface area contributed by atoms with Crippen molar-refractivity contribution in [2.75, 3.05) is 7.11 Å². The first kappa shape index (κ1) is 16.2. The Morgan fingerprint density at radius 3 is 2.67 bits per heavy atom. The number of hydrogen-bond acceptors (Lipinski definition) is 4. The van der Waals surface area contributed by atoms with E-state index in [1.54, 1.807) is 17.6 Å². The van der Waals surface area contributed by atoms with Crippen LogP contribution in [0.2, 0.25) is 0 Å². The van der Waals surface area contributed by atoms with Crippen LogP contribution in [0, 0.1) is 12.7 Å². The molecule has 0 aliphatic carbocycles. The highest BCUT2D eigenvalue weighted by molar-refractivity contribution is 7.20. The molecule has 5 nitrogen and oxygen atoms in total. The Balaban J connectivity index is 2.02. The first-order chi connectivity index (χ1) is 11.4. The summed E-state index contributed by atoms with van der Waals surface area (Å²) in [7, 11) is 1.42. The molecule has 124 valence electrons. The van der Waals surface area contributed by atoms with Gasteiger partial charge in [0.2, 0.25) is 5.78 Å². The highest BCUT2D eigenvalue weighted by Gasteiger charge is 2.20. The highest BCUT2D eigenvalue weighted by Crippen LogP contribution is 2.31. The molecule has 0 fully saturated rings. The van der Waals surface area contributed by atoms with Gasteiger partial charge >= 0.3 is 5.97 Å². The van der Waals surface area contributed by atoms with Crippen LogP contribution in [0.25, 0.3) is 10.2 Å². The molecule has 1 N–H and O–H groups in total. The van der Waals surface area contributed by atoms with Gasteiger partial charge < -0.3 is 14.4 Å². The van der Waals surface area contributed by atoms with Crippen LogP contribution >= 0.6 is 11.3 Å². The Morgan fingerprint density at radius 2 is 2.04 bits per heavy atom. The maximum absolute atomic E-state index is 14.1. The van der Waals surface area contributed by atoms with E-state index in [2.05, 4.69) is 0 Å². The summed E-state index contributed by atoms with van der Waals surface area (Å²) in [5, 5.41) is 9.78. The third kappa shape index (κ3) is 2.78. The van der Waals surface area contributed by atoms with Crippen molar-refractivity contribution >= 4 is 33.3 Å². The van der Waals surface area contributed by atoms with E-state index in [0.717, 1.165) is 28.5 Å². The average molecular weight is 347 g/mol. The van der Waals surface area contributed by atoms with Crippen LogP contribution in [-0.4, -0.2) is 28.5 Å². The quantitative estimate of drug-likeness (QED) is 0.718. The van der Waals surface area contributed by atoms with Crippen LogP contribution in [0.15, 0.2) is 30.3 Å². The number of ketones is 1. The number of thiophene rings is 1. The number of methoxy groups -OCH3 is 1. The lowest BCUT2D eigenvalue weighted by Gasteiger charge is -2.04. The molecule has 3 aromatic rings. The summed E-state index contributed by atoms with van der Waals surface area (Å²) in [5.74, 6) is -1.71. The van der Waals surface area contributed by atoms with Crippen LogP contribution < -0.4 is 4.74 Å². The molecule has 1 aromatic carbocycles. The zero-order chi connectivity index (χ0) is 17.4. The molecular weight excluding hydrogens is 333 g/mol. The molecule has 0 atom stereocenters. The number of hydrogen-bond donors (Lipinski definition) is 1. The molecule has 0 bridgehead atoms. The van der Waals surface area contributed by atoms with Crippen molar-refractivity contribution in [1.29, 1.82) is 0 Å². The summed E-state index contributed by atoms with van der Waals surface area (Å²) >= 11 is 1.16. The predicted octanol–water partition coefficient (Wildman–Crippen LogP) is 3.47. The van der Waals surface area contributed by atoms with Crippen LogP contribution in [0.5, 0.6) is 5.75 Å². The highest BCUT2D eigenvalue weighted by atomic mass is 32.1. The molecule has 3 rings (SSSR count). The third-order valence-electron chi connectivity index (χ3n) is 3.71. The smallest absolute Gasteiger partial charge is 0.323 e. The van der Waals surface area contributed by atoms with Crippen LogP contribution in [-0.2, 0) is 11.3 Å². The zero-order valence-electron chi connectivity index (χ0n) is 13.0. The summed E-state index contributed by atoms with van der Waals surface area (Å²) in [5.41, 5.74) is 0.759. The minimum absolute atomic E-state index is 0.0405. The number of ether oxygens (including phenoxy) is 1. The molecule has 0 amide bonds. The Morgan fingerprint density at radius 1 is 1.29 bits per heavy atom. The summed E-state index contributed by atoms with van der Waals surface area (Å²) < 4.78 is 20.6. The van der Waals surface area contributed by atoms with Gasteiger partial charge in [-0.05, 0) is 31.2 Å². The van der Waals surface area contributed by atoms with Gasteiger partial charge in [0.1, 0.15) is 22.9 Å². The lowest BCUT2D eigenvalue weighted by Crippen LogP contribution is -2.09. The van der Waals surface area contributed by atoms with E-state index in [9.17, 15) is 14.0 Å². The number of carbonyl (C=O) groups is 2. The second-order valence-corrected chi connectivity index (χ2v) is 6.34. The lowest BCUT2D eigenvalue weighted by atomic mass is 10.1. The van der Waals surface area contributed by atoms with Gasteiger partial charge in [-0.1, -0.05) is 0 Å². The molecule has 0 saturated carbocycles. The topological polar surface area (TPSA) is 68.5 Å². The van der Waals surface area contributed by atoms with E-state index in [1.165, 1.54) is 19.2 Å². The van der Waals surface area contributed by atoms with E-state index < -0.39 is 17.6 Å². The molecule has 0 aliphatic rings. The van der Waals surface area contributed by atoms with E-state index in [1.807, 2.05) is 6.07 Å². The van der Waals surface area contributed by atoms with Gasteiger partial charge in [0.25, 0.3) is 0 Å². The van der Waals surface area contributed by atoms with Crippen molar-refractivity contribution < 1.29 is 23.8 Å². The fourth-order valence-corrected chi connectivity index (χ4v) is 3.71. The molecule has 0 saturated heterocycles. The van der Waals surface area contributed by atoms with Crippen molar-refractivity contribution in [3.63, 3.8) is 0 Å². The maximum Gasteiger partial charge on any atom is 0.323 e. The number of carboxylic acid groups (broad SMARTS) is 1. The number of aryl methyl sites for hydroxylation is 1. The van der Waals surface area contributed by atoms with Crippen LogP contribution in [0.3, 0.4) is 0 Å². The number of benzene rings is 1. The monoisotopic (exact) mass is 347 g/mol. The van der Waals surface area contributed by atoms with E-state index >= 15 is 0 Å². The van der Waals surface area contributed by atoms with Gasteiger partial charge in [0.15, 0.2) is 0 Å². The van der Waals surface area contributed by atoms with E-state index in [0.29, 0.717) is 15.5 Å². The Kier molecular flexibility index (Phi) is 4.11. The second kappa shape index (κ2) is 6.09. The molecular formula is C17H14FNO4S. The van der Waals surface area contributed by atoms with E-state index in [4.69, 9.17) is 9.84 Å². The second-order valence-electron chi connectivity index (χ2n) is 5.31. The van der Waals surface area contributed by atoms with Crippen molar-refractivity contribution in [3.8, 4) is 5.75 Å². The zero-order valence-corrected chi connectivity index (χ0v) is 13.8. The summed E-state index contributed by atoms with van der Waals surface area (Å²) in [4.78, 5) is 24.6. The first-order valence-electron chi connectivity index (χ1n) is 7.10. The molecule has 0 aliphatic heterocycles. The van der Waals surface area contributed by atoms with Crippen molar-refractivity contribution in [3.05, 3.63) is 52.3 Å². The normalized spacial score (nSPS) is 11.0. The third-order valence-corrected chi connectivity index (χ3v) is 4.89. The van der Waals surface area contributed by atoms with Gasteiger partial charge in [-0.15, -0.1) is 11.3 Å². The molecule has 24 heavy (non-hydrogen) atoms. The number of rotatable bonds is 5. The molecule has 2 aromatic heterocycles. The fourth-order valence-electron chi connectivity index (χ4n) is 2.56. The largest absolute Gasteiger partial charge is 0.497 e. The number of carbonyl (C=O) groups excluding carboxylic acids is 1. The summed E-state index contributed by atoms with van der Waals surface area (Å²) in [6.45, 7) is 1.63. The summed E-state index contributed by atoms with van der Waals surface area (Å²) in [6.07, 6.45) is 0. The van der Waals surface area contributed by atoms with Crippen molar-refractivity contribution in [1.82, 2.24) is 4.57 Å². The SMILES string of the molecule is COc1ccc(C(=O)c2cc3cc(C)n(CC(=O)O)c3s2)c(F)c1. The minimum atomic E-state index is -0.960. The Labute approximate surface area is 140 Å². The van der Waals surface area contributed by atoms with Gasteiger partial charge in [-0.25, -0.2) is 4.39 Å². The van der Waals surface area contributed by atoms with Crippen molar-refractivity contribution in [2.24, 2.45) is 0 Å². The van der Waals surface area contributed by atoms with Crippen LogP contribution in [0.1, 0.15) is 20.9 Å². The number of aromatic nitrogens is 1. The minimum Gasteiger partial charge on any atom is -0.497 e. The van der Waals surface area contributed by atoms with Gasteiger partial charge in [-0.3, -0.25) is 9.59 Å². The van der Waals surface area contributed by atoms with Gasteiger partial charge in [0, 0.05) is 17.1 Å². The van der Waals surface area contributed by atoms with Gasteiger partial charge in [-0.2, -0.15) is 0 Å². The molecule has 0 radical (unpaired) electrons. The maximum atomic E-state index is 14.1. The molecule has 2 heterocycles. The summed E-state index contributed by atoms with van der Waals surface area (Å²) in [6, 6.07) is 7.55. The fraction of sp³-hybridized carbons (Fsp3) is 0.176. The number of carboxylic acids is 1. The lowest BCUT2D eigenvalue weighted by molar-refractivity contribution is -0.137.